The lowest BCUT2D eigenvalue weighted by Gasteiger charge is -2.20. The van der Waals surface area contributed by atoms with E-state index < -0.39 is 12.0 Å². The normalized spacial score (nSPS) is 18.7. The van der Waals surface area contributed by atoms with Crippen molar-refractivity contribution in [1.82, 2.24) is 4.90 Å². The maximum absolute atomic E-state index is 12.1. The summed E-state index contributed by atoms with van der Waals surface area (Å²) in [4.78, 5) is 24.9. The fourth-order valence-electron chi connectivity index (χ4n) is 2.48. The summed E-state index contributed by atoms with van der Waals surface area (Å²) in [6.07, 6.45) is 1.41. The van der Waals surface area contributed by atoms with Crippen LogP contribution in [-0.2, 0) is 9.59 Å². The van der Waals surface area contributed by atoms with Gasteiger partial charge >= 0.3 is 5.97 Å². The minimum atomic E-state index is -0.863. The molecule has 0 aromatic heterocycles. The van der Waals surface area contributed by atoms with Gasteiger partial charge in [-0.1, -0.05) is 0 Å². The van der Waals surface area contributed by atoms with E-state index in [4.69, 9.17) is 5.11 Å². The number of carbonyl (C=O) groups is 2. The quantitative estimate of drug-likeness (QED) is 0.786. The molecule has 1 heterocycles. The van der Waals surface area contributed by atoms with Crippen LogP contribution in [0.25, 0.3) is 0 Å². The van der Waals surface area contributed by atoms with Crippen molar-refractivity contribution in [3.63, 3.8) is 0 Å². The van der Waals surface area contributed by atoms with Gasteiger partial charge in [0.15, 0.2) is 0 Å². The third kappa shape index (κ3) is 4.05. The zero-order valence-electron chi connectivity index (χ0n) is 11.5. The Morgan fingerprint density at radius 1 is 1.38 bits per heavy atom. The Morgan fingerprint density at radius 3 is 2.57 bits per heavy atom. The van der Waals surface area contributed by atoms with Crippen molar-refractivity contribution in [2.24, 2.45) is 0 Å². The highest BCUT2D eigenvalue weighted by atomic mass is 79.9. The van der Waals surface area contributed by atoms with Gasteiger partial charge in [-0.2, -0.15) is 0 Å². The minimum Gasteiger partial charge on any atom is -0.480 e. The molecule has 0 saturated carbocycles. The van der Waals surface area contributed by atoms with Gasteiger partial charge in [-0.05, 0) is 75.9 Å². The molecule has 1 aliphatic rings. The molecule has 0 aliphatic carbocycles. The van der Waals surface area contributed by atoms with Crippen LogP contribution < -0.4 is 5.32 Å². The molecule has 114 valence electrons. The molecule has 1 aliphatic heterocycles. The van der Waals surface area contributed by atoms with Crippen LogP contribution in [0.4, 0.5) is 5.69 Å². The molecule has 1 saturated heterocycles. The van der Waals surface area contributed by atoms with Crippen LogP contribution in [-0.4, -0.2) is 41.0 Å². The molecule has 2 rings (SSSR count). The lowest BCUT2D eigenvalue weighted by atomic mass is 10.2. The van der Waals surface area contributed by atoms with Crippen LogP contribution >= 0.6 is 31.9 Å². The van der Waals surface area contributed by atoms with Crippen LogP contribution in [0.1, 0.15) is 18.4 Å². The second kappa shape index (κ2) is 6.89. The average Bonchev–Trinajstić information content (AvgIpc) is 2.82. The first kappa shape index (κ1) is 16.5. The molecular weight excluding hydrogens is 404 g/mol. The molecule has 1 unspecified atom stereocenters. The summed E-state index contributed by atoms with van der Waals surface area (Å²) in [5, 5.41) is 11.9. The van der Waals surface area contributed by atoms with Gasteiger partial charge in [0.05, 0.1) is 12.2 Å². The van der Waals surface area contributed by atoms with Crippen LogP contribution in [0.2, 0.25) is 0 Å². The SMILES string of the molecule is Cc1cc(Br)c(NC(=O)CN2CCCC2C(=O)O)c(Br)c1. The molecule has 0 radical (unpaired) electrons. The number of carboxylic acid groups (broad SMARTS) is 1. The van der Waals surface area contributed by atoms with Gasteiger partial charge < -0.3 is 10.4 Å². The fraction of sp³-hybridized carbons (Fsp3) is 0.429. The number of carboxylic acids is 1. The van der Waals surface area contributed by atoms with E-state index in [1.54, 1.807) is 4.90 Å². The monoisotopic (exact) mass is 418 g/mol. The Hall–Kier alpha value is -0.920. The van der Waals surface area contributed by atoms with Crippen molar-refractivity contribution in [2.75, 3.05) is 18.4 Å². The molecule has 5 nitrogen and oxygen atoms in total. The highest BCUT2D eigenvalue weighted by Crippen LogP contribution is 2.32. The summed E-state index contributed by atoms with van der Waals surface area (Å²) in [5.41, 5.74) is 1.73. The standard InChI is InChI=1S/C14H16Br2N2O3/c1-8-5-9(15)13(10(16)6-8)17-12(19)7-18-4-2-3-11(18)14(20)21/h5-6,11H,2-4,7H2,1H3,(H,17,19)(H,20,21). The second-order valence-corrected chi connectivity index (χ2v) is 6.83. The van der Waals surface area contributed by atoms with E-state index in [0.717, 1.165) is 20.9 Å². The van der Waals surface area contributed by atoms with E-state index in [1.807, 2.05) is 19.1 Å². The largest absolute Gasteiger partial charge is 0.480 e. The molecule has 2 N–H and O–H groups in total. The lowest BCUT2D eigenvalue weighted by molar-refractivity contribution is -0.142. The first-order chi connectivity index (χ1) is 9.88. The van der Waals surface area contributed by atoms with Crippen molar-refractivity contribution >= 4 is 49.4 Å². The van der Waals surface area contributed by atoms with Crippen molar-refractivity contribution in [2.45, 2.75) is 25.8 Å². The summed E-state index contributed by atoms with van der Waals surface area (Å²) >= 11 is 6.84. The second-order valence-electron chi connectivity index (χ2n) is 5.12. The number of hydrogen-bond acceptors (Lipinski definition) is 3. The van der Waals surface area contributed by atoms with Gasteiger partial charge in [-0.25, -0.2) is 0 Å². The maximum Gasteiger partial charge on any atom is 0.320 e. The Labute approximate surface area is 140 Å². The van der Waals surface area contributed by atoms with Gasteiger partial charge in [0, 0.05) is 8.95 Å². The zero-order chi connectivity index (χ0) is 15.6. The number of rotatable bonds is 4. The number of likely N-dealkylation sites (tertiary alicyclic amines) is 1. The first-order valence-electron chi connectivity index (χ1n) is 6.61. The number of carbonyl (C=O) groups excluding carboxylic acids is 1. The third-order valence-electron chi connectivity index (χ3n) is 3.45. The summed E-state index contributed by atoms with van der Waals surface area (Å²) in [7, 11) is 0. The maximum atomic E-state index is 12.1. The fourth-order valence-corrected chi connectivity index (χ4v) is 4.09. The lowest BCUT2D eigenvalue weighted by Crippen LogP contribution is -2.41. The van der Waals surface area contributed by atoms with Gasteiger partial charge in [0.1, 0.15) is 6.04 Å². The summed E-state index contributed by atoms with van der Waals surface area (Å²) in [6, 6.07) is 3.27. The third-order valence-corrected chi connectivity index (χ3v) is 4.70. The Morgan fingerprint density at radius 2 is 2.00 bits per heavy atom. The number of nitrogens with one attached hydrogen (secondary N) is 1. The van der Waals surface area contributed by atoms with Crippen LogP contribution in [0, 0.1) is 6.92 Å². The van der Waals surface area contributed by atoms with E-state index in [1.165, 1.54) is 0 Å². The molecule has 1 aromatic rings. The molecule has 0 bridgehead atoms. The molecule has 21 heavy (non-hydrogen) atoms. The highest BCUT2D eigenvalue weighted by molar-refractivity contribution is 9.11. The van der Waals surface area contributed by atoms with Gasteiger partial charge in [0.2, 0.25) is 5.91 Å². The smallest absolute Gasteiger partial charge is 0.320 e. The van der Waals surface area contributed by atoms with Crippen LogP contribution in [0.15, 0.2) is 21.1 Å². The first-order valence-corrected chi connectivity index (χ1v) is 8.19. The molecule has 0 spiro atoms. The minimum absolute atomic E-state index is 0.0870. The predicted molar refractivity (Wildman–Crippen MR) is 87.4 cm³/mol. The zero-order valence-corrected chi connectivity index (χ0v) is 14.7. The van der Waals surface area contributed by atoms with E-state index in [-0.39, 0.29) is 12.5 Å². The van der Waals surface area contributed by atoms with Crippen LogP contribution in [0.3, 0.4) is 0 Å². The molecule has 1 fully saturated rings. The number of benzene rings is 1. The van der Waals surface area contributed by atoms with Gasteiger partial charge in [-0.15, -0.1) is 0 Å². The molecular formula is C14H16Br2N2O3. The van der Waals surface area contributed by atoms with E-state index in [9.17, 15) is 9.59 Å². The highest BCUT2D eigenvalue weighted by Gasteiger charge is 2.31. The number of halogens is 2. The van der Waals surface area contributed by atoms with Gasteiger partial charge in [0.25, 0.3) is 0 Å². The number of aliphatic carboxylic acids is 1. The Kier molecular flexibility index (Phi) is 5.40. The van der Waals surface area contributed by atoms with E-state index in [0.29, 0.717) is 18.7 Å². The van der Waals surface area contributed by atoms with Crippen molar-refractivity contribution < 1.29 is 14.7 Å². The van der Waals surface area contributed by atoms with E-state index in [2.05, 4.69) is 37.2 Å². The molecule has 7 heteroatoms. The number of nitrogens with zero attached hydrogens (tertiary/aromatic N) is 1. The molecule has 1 atom stereocenters. The summed E-state index contributed by atoms with van der Waals surface area (Å²) in [5.74, 6) is -1.08. The summed E-state index contributed by atoms with van der Waals surface area (Å²) < 4.78 is 1.58. The molecule has 1 amide bonds. The van der Waals surface area contributed by atoms with Crippen molar-refractivity contribution in [3.8, 4) is 0 Å². The number of hydrogen-bond donors (Lipinski definition) is 2. The van der Waals surface area contributed by atoms with Crippen LogP contribution in [0.5, 0.6) is 0 Å². The number of aryl methyl sites for hydroxylation is 1. The molecule has 1 aromatic carbocycles. The Balaban J connectivity index is 2.04. The topological polar surface area (TPSA) is 69.6 Å². The summed E-state index contributed by atoms with van der Waals surface area (Å²) in [6.45, 7) is 2.69. The number of anilines is 1. The van der Waals surface area contributed by atoms with E-state index >= 15 is 0 Å². The van der Waals surface area contributed by atoms with Crippen molar-refractivity contribution in [1.29, 1.82) is 0 Å². The average molecular weight is 420 g/mol. The van der Waals surface area contributed by atoms with Gasteiger partial charge in [-0.3, -0.25) is 14.5 Å². The van der Waals surface area contributed by atoms with Crippen molar-refractivity contribution in [3.05, 3.63) is 26.6 Å². The number of amides is 1. The predicted octanol–water partition coefficient (Wildman–Crippen LogP) is 3.01. The Bertz CT molecular complexity index is 554.